The molecule has 1 fully saturated rings. The molecule has 0 bridgehead atoms. The smallest absolute Gasteiger partial charge is 0.254 e. The van der Waals surface area contributed by atoms with Gasteiger partial charge in [-0.3, -0.25) is 14.4 Å². The molecule has 0 radical (unpaired) electrons. The first-order valence-electron chi connectivity index (χ1n) is 16.8. The highest BCUT2D eigenvalue weighted by atomic mass is 19.1. The molecule has 4 rings (SSSR count). The molecule has 4 N–H and O–H groups in total. The monoisotopic (exact) mass is 644 g/mol. The van der Waals surface area contributed by atoms with E-state index in [9.17, 15) is 18.8 Å². The van der Waals surface area contributed by atoms with Crippen molar-refractivity contribution < 1.29 is 23.5 Å². The number of carbonyl (C=O) groups is 3. The van der Waals surface area contributed by atoms with E-state index < -0.39 is 18.0 Å². The number of benzene rings is 3. The van der Waals surface area contributed by atoms with Crippen molar-refractivity contribution in [3.05, 3.63) is 95.3 Å². The summed E-state index contributed by atoms with van der Waals surface area (Å²) in [5.74, 6) is -1.14. The number of nitrogens with two attached hydrogens (primary N) is 1. The Balaban J connectivity index is 1.55. The van der Waals surface area contributed by atoms with Gasteiger partial charge in [-0.25, -0.2) is 4.39 Å². The Hall–Kier alpha value is -4.24. The summed E-state index contributed by atoms with van der Waals surface area (Å²) in [5, 5.41) is 5.92. The Labute approximate surface area is 278 Å². The first kappa shape index (κ1) is 35.6. The Morgan fingerprint density at radius 2 is 1.70 bits per heavy atom. The standard InChI is InChI=1S/C38H49FN4O4/c1-5-6-13-32-14-10-19-43(32)38(46)29-22-28(23-33(24-29)47-25(2)3)37(45)42-35(21-27-11-8-7-9-12-27)34(40)20-26(4)36(44)41-31-17-15-30(39)16-18-31/h7-9,11-12,15-18,22-26,32,34-35H,5-6,10,13-14,19-21,40H2,1-4H3,(H,41,44)(H,42,45)/t26-,32+,34+,35+/m1/s1. The summed E-state index contributed by atoms with van der Waals surface area (Å²) in [5.41, 5.74) is 8.93. The largest absolute Gasteiger partial charge is 0.491 e. The van der Waals surface area contributed by atoms with Crippen LogP contribution in [0.4, 0.5) is 10.1 Å². The number of hydrogen-bond acceptors (Lipinski definition) is 5. The van der Waals surface area contributed by atoms with E-state index in [0.29, 0.717) is 42.0 Å². The zero-order chi connectivity index (χ0) is 33.9. The molecule has 1 saturated heterocycles. The van der Waals surface area contributed by atoms with Gasteiger partial charge in [0.25, 0.3) is 11.8 Å². The van der Waals surface area contributed by atoms with Crippen LogP contribution >= 0.6 is 0 Å². The van der Waals surface area contributed by atoms with Crippen molar-refractivity contribution in [1.29, 1.82) is 0 Å². The lowest BCUT2D eigenvalue weighted by Gasteiger charge is -2.28. The first-order valence-corrected chi connectivity index (χ1v) is 16.8. The number of nitrogens with one attached hydrogen (secondary N) is 2. The van der Waals surface area contributed by atoms with Crippen LogP contribution in [0.25, 0.3) is 0 Å². The van der Waals surface area contributed by atoms with E-state index in [4.69, 9.17) is 10.5 Å². The zero-order valence-corrected chi connectivity index (χ0v) is 28.0. The molecule has 0 saturated carbocycles. The summed E-state index contributed by atoms with van der Waals surface area (Å²) < 4.78 is 19.3. The van der Waals surface area contributed by atoms with Crippen LogP contribution < -0.4 is 21.1 Å². The average molecular weight is 645 g/mol. The average Bonchev–Trinajstić information content (AvgIpc) is 3.52. The van der Waals surface area contributed by atoms with Crippen LogP contribution in [0.15, 0.2) is 72.8 Å². The highest BCUT2D eigenvalue weighted by Gasteiger charge is 2.30. The van der Waals surface area contributed by atoms with E-state index in [1.807, 2.05) is 49.1 Å². The number of unbranched alkanes of at least 4 members (excludes halogenated alkanes) is 1. The summed E-state index contributed by atoms with van der Waals surface area (Å²) in [7, 11) is 0. The molecule has 0 aliphatic carbocycles. The number of likely N-dealkylation sites (tertiary alicyclic amines) is 1. The number of carbonyl (C=O) groups excluding carboxylic acids is 3. The molecule has 252 valence electrons. The SMILES string of the molecule is CCCC[C@H]1CCCN1C(=O)c1cc(OC(C)C)cc(C(=O)N[C@@H](Cc2ccccc2)[C@@H](N)C[C@@H](C)C(=O)Nc2ccc(F)cc2)c1. The molecule has 1 heterocycles. The fraction of sp³-hybridized carbons (Fsp3) is 0.447. The van der Waals surface area contributed by atoms with Gasteiger partial charge in [0.2, 0.25) is 5.91 Å². The van der Waals surface area contributed by atoms with Gasteiger partial charge >= 0.3 is 0 Å². The van der Waals surface area contributed by atoms with Crippen LogP contribution in [0.1, 0.15) is 92.5 Å². The molecule has 47 heavy (non-hydrogen) atoms. The van der Waals surface area contributed by atoms with Gasteiger partial charge in [0.15, 0.2) is 0 Å². The van der Waals surface area contributed by atoms with Crippen molar-refractivity contribution in [3.8, 4) is 5.75 Å². The normalized spacial score (nSPS) is 16.4. The Morgan fingerprint density at radius 3 is 2.38 bits per heavy atom. The van der Waals surface area contributed by atoms with Gasteiger partial charge in [-0.15, -0.1) is 0 Å². The van der Waals surface area contributed by atoms with Crippen molar-refractivity contribution in [2.75, 3.05) is 11.9 Å². The Morgan fingerprint density at radius 1 is 1.00 bits per heavy atom. The van der Waals surface area contributed by atoms with E-state index in [1.165, 1.54) is 24.3 Å². The van der Waals surface area contributed by atoms with Gasteiger partial charge < -0.3 is 26.0 Å². The predicted octanol–water partition coefficient (Wildman–Crippen LogP) is 6.74. The molecule has 1 aliphatic heterocycles. The van der Waals surface area contributed by atoms with Crippen LogP contribution in [0.2, 0.25) is 0 Å². The van der Waals surface area contributed by atoms with Gasteiger partial charge in [-0.1, -0.05) is 57.0 Å². The highest BCUT2D eigenvalue weighted by molar-refractivity contribution is 6.00. The molecule has 0 spiro atoms. The minimum atomic E-state index is -0.576. The van der Waals surface area contributed by atoms with E-state index in [-0.39, 0.29) is 35.7 Å². The summed E-state index contributed by atoms with van der Waals surface area (Å²) in [6, 6.07) is 19.4. The molecule has 0 aromatic heterocycles. The summed E-state index contributed by atoms with van der Waals surface area (Å²) in [6.45, 7) is 8.43. The van der Waals surface area contributed by atoms with Crippen molar-refractivity contribution in [1.82, 2.24) is 10.2 Å². The number of anilines is 1. The molecular formula is C38H49FN4O4. The maximum absolute atomic E-state index is 13.9. The third kappa shape index (κ3) is 10.4. The van der Waals surface area contributed by atoms with E-state index in [2.05, 4.69) is 17.6 Å². The van der Waals surface area contributed by atoms with Crippen LogP contribution in [-0.4, -0.2) is 53.4 Å². The molecule has 8 nitrogen and oxygen atoms in total. The number of nitrogens with zero attached hydrogens (tertiary/aromatic N) is 1. The third-order valence-electron chi connectivity index (χ3n) is 8.63. The van der Waals surface area contributed by atoms with Crippen LogP contribution in [0, 0.1) is 11.7 Å². The minimum Gasteiger partial charge on any atom is -0.491 e. The molecule has 3 aromatic carbocycles. The summed E-state index contributed by atoms with van der Waals surface area (Å²) in [4.78, 5) is 42.6. The number of ether oxygens (including phenoxy) is 1. The second-order valence-corrected chi connectivity index (χ2v) is 12.9. The Bertz CT molecular complexity index is 1480. The molecule has 3 aromatic rings. The predicted molar refractivity (Wildman–Crippen MR) is 184 cm³/mol. The molecule has 1 aliphatic rings. The highest BCUT2D eigenvalue weighted by Crippen LogP contribution is 2.27. The topological polar surface area (TPSA) is 114 Å². The number of halogens is 1. The van der Waals surface area contributed by atoms with Crippen LogP contribution in [0.5, 0.6) is 5.75 Å². The van der Waals surface area contributed by atoms with Crippen molar-refractivity contribution in [2.45, 2.75) is 96.9 Å². The van der Waals surface area contributed by atoms with Gasteiger partial charge in [0.05, 0.1) is 6.10 Å². The summed E-state index contributed by atoms with van der Waals surface area (Å²) >= 11 is 0. The molecular weight excluding hydrogens is 595 g/mol. The van der Waals surface area contributed by atoms with E-state index in [0.717, 1.165) is 37.7 Å². The number of rotatable bonds is 15. The lowest BCUT2D eigenvalue weighted by Crippen LogP contribution is -2.50. The van der Waals surface area contributed by atoms with Gasteiger partial charge in [0, 0.05) is 47.4 Å². The third-order valence-corrected chi connectivity index (χ3v) is 8.63. The maximum Gasteiger partial charge on any atom is 0.254 e. The fourth-order valence-corrected chi connectivity index (χ4v) is 6.11. The Kier molecular flexibility index (Phi) is 12.9. The van der Waals surface area contributed by atoms with Crippen LogP contribution in [0.3, 0.4) is 0 Å². The fourth-order valence-electron chi connectivity index (χ4n) is 6.11. The minimum absolute atomic E-state index is 0.0922. The number of amides is 3. The quantitative estimate of drug-likeness (QED) is 0.170. The molecule has 4 atom stereocenters. The van der Waals surface area contributed by atoms with Crippen molar-refractivity contribution >= 4 is 23.4 Å². The second-order valence-electron chi connectivity index (χ2n) is 12.9. The molecule has 0 unspecified atom stereocenters. The van der Waals surface area contributed by atoms with Crippen molar-refractivity contribution in [2.24, 2.45) is 11.7 Å². The van der Waals surface area contributed by atoms with Crippen LogP contribution in [-0.2, 0) is 11.2 Å². The molecule has 9 heteroatoms. The first-order chi connectivity index (χ1) is 22.5. The second kappa shape index (κ2) is 17.1. The zero-order valence-electron chi connectivity index (χ0n) is 28.0. The van der Waals surface area contributed by atoms with Gasteiger partial charge in [-0.05, 0) is 94.0 Å². The van der Waals surface area contributed by atoms with E-state index in [1.54, 1.807) is 25.1 Å². The molecule has 3 amide bonds. The lowest BCUT2D eigenvalue weighted by atomic mass is 9.91. The summed E-state index contributed by atoms with van der Waals surface area (Å²) in [6.07, 6.45) is 5.65. The van der Waals surface area contributed by atoms with Gasteiger partial charge in [-0.2, -0.15) is 0 Å². The van der Waals surface area contributed by atoms with Crippen molar-refractivity contribution in [3.63, 3.8) is 0 Å². The number of hydrogen-bond donors (Lipinski definition) is 3. The maximum atomic E-state index is 13.9. The lowest BCUT2D eigenvalue weighted by molar-refractivity contribution is -0.119. The van der Waals surface area contributed by atoms with E-state index >= 15 is 0 Å². The van der Waals surface area contributed by atoms with Gasteiger partial charge in [0.1, 0.15) is 11.6 Å².